The van der Waals surface area contributed by atoms with Gasteiger partial charge in [-0.25, -0.2) is 0 Å². The number of hydrogen-bond donors (Lipinski definition) is 0. The molecule has 0 aliphatic heterocycles. The first kappa shape index (κ1) is 18.6. The Morgan fingerprint density at radius 1 is 1.00 bits per heavy atom. The van der Waals surface area contributed by atoms with Gasteiger partial charge < -0.3 is 4.52 Å². The summed E-state index contributed by atoms with van der Waals surface area (Å²) >= 11 is 0. The van der Waals surface area contributed by atoms with E-state index < -0.39 is 12.9 Å². The van der Waals surface area contributed by atoms with Crippen LogP contribution in [0.4, 0.5) is 0 Å². The van der Waals surface area contributed by atoms with E-state index in [2.05, 4.69) is 13.8 Å². The molecule has 0 aliphatic carbocycles. The summed E-state index contributed by atoms with van der Waals surface area (Å²) in [6, 6.07) is 16.1. The third-order valence-corrected chi connectivity index (χ3v) is 6.55. The van der Waals surface area contributed by atoms with Gasteiger partial charge in [-0.3, -0.25) is 9.36 Å². The van der Waals surface area contributed by atoms with Gasteiger partial charge in [-0.15, -0.1) is 0 Å². The summed E-state index contributed by atoms with van der Waals surface area (Å²) in [6.45, 7) is 7.86. The van der Waals surface area contributed by atoms with Gasteiger partial charge in [-0.05, 0) is 43.9 Å². The Labute approximate surface area is 144 Å². The standard InChI is InChI=1S/C20H25O3P/c1-5-16(4)17-11-13-19(14-12-17)24(22,23-15(2)3)20(21)18-9-7-6-8-10-18/h6-16H,5H2,1-4H3. The third-order valence-electron chi connectivity index (χ3n) is 4.06. The second-order valence-electron chi connectivity index (χ2n) is 6.28. The van der Waals surface area contributed by atoms with Crippen molar-refractivity contribution < 1.29 is 13.9 Å². The molecule has 24 heavy (non-hydrogen) atoms. The maximum absolute atomic E-state index is 13.5. The first-order chi connectivity index (χ1) is 11.4. The Morgan fingerprint density at radius 3 is 2.08 bits per heavy atom. The summed E-state index contributed by atoms with van der Waals surface area (Å²) in [7, 11) is -3.64. The predicted molar refractivity (Wildman–Crippen MR) is 99.4 cm³/mol. The Hall–Kier alpha value is -1.70. The summed E-state index contributed by atoms with van der Waals surface area (Å²) in [5, 5.41) is 0.456. The molecule has 2 aromatic rings. The average molecular weight is 344 g/mol. The molecule has 2 unspecified atom stereocenters. The van der Waals surface area contributed by atoms with E-state index in [1.54, 1.807) is 50.2 Å². The van der Waals surface area contributed by atoms with Gasteiger partial charge in [0, 0.05) is 10.9 Å². The monoisotopic (exact) mass is 344 g/mol. The van der Waals surface area contributed by atoms with Gasteiger partial charge in [0.15, 0.2) is 0 Å². The van der Waals surface area contributed by atoms with Gasteiger partial charge in [0.25, 0.3) is 5.52 Å². The molecule has 0 heterocycles. The maximum Gasteiger partial charge on any atom is 0.301 e. The fourth-order valence-electron chi connectivity index (χ4n) is 2.51. The van der Waals surface area contributed by atoms with E-state index in [-0.39, 0.29) is 6.10 Å². The molecular weight excluding hydrogens is 319 g/mol. The Morgan fingerprint density at radius 2 is 1.58 bits per heavy atom. The zero-order valence-electron chi connectivity index (χ0n) is 14.7. The topological polar surface area (TPSA) is 43.4 Å². The molecule has 0 aromatic heterocycles. The van der Waals surface area contributed by atoms with E-state index in [9.17, 15) is 9.36 Å². The molecule has 2 rings (SSSR count). The average Bonchev–Trinajstić information content (AvgIpc) is 2.60. The molecule has 0 radical (unpaired) electrons. The van der Waals surface area contributed by atoms with Crippen LogP contribution in [0, 0.1) is 0 Å². The van der Waals surface area contributed by atoms with Crippen LogP contribution in [-0.2, 0) is 9.09 Å². The van der Waals surface area contributed by atoms with Crippen LogP contribution < -0.4 is 5.30 Å². The van der Waals surface area contributed by atoms with Crippen molar-refractivity contribution in [3.8, 4) is 0 Å². The smallest absolute Gasteiger partial charge is 0.301 e. The lowest BCUT2D eigenvalue weighted by atomic mass is 9.99. The van der Waals surface area contributed by atoms with Gasteiger partial charge in [0.2, 0.25) is 0 Å². The number of hydrogen-bond acceptors (Lipinski definition) is 3. The van der Waals surface area contributed by atoms with Crippen LogP contribution >= 0.6 is 7.37 Å². The molecule has 0 bridgehead atoms. The van der Waals surface area contributed by atoms with Crippen molar-refractivity contribution >= 4 is 18.2 Å². The molecule has 0 saturated carbocycles. The highest BCUT2D eigenvalue weighted by Crippen LogP contribution is 2.50. The predicted octanol–water partition coefficient (Wildman–Crippen LogP) is 5.37. The first-order valence-electron chi connectivity index (χ1n) is 8.37. The Balaban J connectivity index is 2.44. The summed E-state index contributed by atoms with van der Waals surface area (Å²) in [4.78, 5) is 12.9. The van der Waals surface area contributed by atoms with Gasteiger partial charge in [0.05, 0.1) is 6.10 Å². The van der Waals surface area contributed by atoms with Crippen molar-refractivity contribution in [1.29, 1.82) is 0 Å². The SMILES string of the molecule is CCC(C)c1ccc(P(=O)(OC(C)C)C(=O)c2ccccc2)cc1. The second-order valence-corrected chi connectivity index (χ2v) is 8.51. The lowest BCUT2D eigenvalue weighted by Gasteiger charge is -2.21. The van der Waals surface area contributed by atoms with Crippen molar-refractivity contribution in [2.24, 2.45) is 0 Å². The normalized spacial score (nSPS) is 15.0. The van der Waals surface area contributed by atoms with Crippen LogP contribution in [0.1, 0.15) is 56.0 Å². The lowest BCUT2D eigenvalue weighted by Crippen LogP contribution is -2.18. The van der Waals surface area contributed by atoms with Crippen molar-refractivity contribution in [2.75, 3.05) is 0 Å². The number of carbonyl (C=O) groups excluding carboxylic acids is 1. The van der Waals surface area contributed by atoms with E-state index in [1.807, 2.05) is 18.2 Å². The summed E-state index contributed by atoms with van der Waals surface area (Å²) < 4.78 is 19.2. The molecule has 4 heteroatoms. The maximum atomic E-state index is 13.5. The molecule has 0 saturated heterocycles. The fourth-order valence-corrected chi connectivity index (χ4v) is 4.58. The van der Waals surface area contributed by atoms with E-state index in [0.717, 1.165) is 6.42 Å². The summed E-state index contributed by atoms with van der Waals surface area (Å²) in [5.74, 6) is 0.425. The molecule has 128 valence electrons. The largest absolute Gasteiger partial charge is 0.317 e. The van der Waals surface area contributed by atoms with Crippen molar-refractivity contribution in [1.82, 2.24) is 0 Å². The van der Waals surface area contributed by atoms with E-state index in [1.165, 1.54) is 5.56 Å². The number of benzene rings is 2. The third kappa shape index (κ3) is 4.03. The zero-order valence-corrected chi connectivity index (χ0v) is 15.6. The van der Waals surface area contributed by atoms with Crippen molar-refractivity contribution in [3.05, 3.63) is 65.7 Å². The molecule has 2 aromatic carbocycles. The van der Waals surface area contributed by atoms with E-state index in [0.29, 0.717) is 16.8 Å². The highest BCUT2D eigenvalue weighted by Gasteiger charge is 2.37. The lowest BCUT2D eigenvalue weighted by molar-refractivity contribution is 0.104. The van der Waals surface area contributed by atoms with Crippen LogP contribution in [0.2, 0.25) is 0 Å². The fraction of sp³-hybridized carbons (Fsp3) is 0.350. The molecule has 0 N–H and O–H groups in total. The molecular formula is C20H25O3P. The molecule has 2 atom stereocenters. The van der Waals surface area contributed by atoms with Crippen LogP contribution in [0.25, 0.3) is 0 Å². The quantitative estimate of drug-likeness (QED) is 0.634. The van der Waals surface area contributed by atoms with E-state index >= 15 is 0 Å². The van der Waals surface area contributed by atoms with Gasteiger partial charge in [-0.1, -0.05) is 56.3 Å². The number of rotatable bonds is 7. The molecule has 0 fully saturated rings. The first-order valence-corrected chi connectivity index (χ1v) is 10.00. The van der Waals surface area contributed by atoms with Crippen LogP contribution in [0.5, 0.6) is 0 Å². The minimum atomic E-state index is -3.64. The van der Waals surface area contributed by atoms with Crippen LogP contribution in [-0.4, -0.2) is 11.6 Å². The number of carbonyl (C=O) groups is 1. The Kier molecular flexibility index (Phi) is 6.15. The van der Waals surface area contributed by atoms with Crippen molar-refractivity contribution in [3.63, 3.8) is 0 Å². The minimum absolute atomic E-state index is 0.308. The second kappa shape index (κ2) is 7.92. The summed E-state index contributed by atoms with van der Waals surface area (Å²) in [5.41, 5.74) is 1.13. The Bertz CT molecular complexity index is 720. The van der Waals surface area contributed by atoms with Crippen LogP contribution in [0.15, 0.2) is 54.6 Å². The van der Waals surface area contributed by atoms with Gasteiger partial charge in [-0.2, -0.15) is 0 Å². The van der Waals surface area contributed by atoms with Gasteiger partial charge in [0.1, 0.15) is 0 Å². The molecule has 0 amide bonds. The highest BCUT2D eigenvalue weighted by molar-refractivity contribution is 7.83. The molecule has 3 nitrogen and oxygen atoms in total. The van der Waals surface area contributed by atoms with Crippen molar-refractivity contribution in [2.45, 2.75) is 46.1 Å². The zero-order chi connectivity index (χ0) is 17.7. The van der Waals surface area contributed by atoms with Crippen LogP contribution in [0.3, 0.4) is 0 Å². The molecule has 0 aliphatic rings. The highest BCUT2D eigenvalue weighted by atomic mass is 31.2. The summed E-state index contributed by atoms with van der Waals surface area (Å²) in [6.07, 6.45) is 0.723. The minimum Gasteiger partial charge on any atom is -0.317 e. The van der Waals surface area contributed by atoms with Gasteiger partial charge >= 0.3 is 7.37 Å². The van der Waals surface area contributed by atoms with E-state index in [4.69, 9.17) is 4.52 Å². The molecule has 0 spiro atoms.